The van der Waals surface area contributed by atoms with E-state index >= 15 is 0 Å². The Hall–Kier alpha value is -1.76. The molecular formula is C20H24BrN3O2. The zero-order valence-electron chi connectivity index (χ0n) is 14.7. The topological polar surface area (TPSA) is 72.4 Å². The van der Waals surface area contributed by atoms with Crippen LogP contribution in [0.5, 0.6) is 0 Å². The summed E-state index contributed by atoms with van der Waals surface area (Å²) in [6.07, 6.45) is 4.31. The van der Waals surface area contributed by atoms with E-state index in [0.29, 0.717) is 12.1 Å². The molecule has 0 spiro atoms. The van der Waals surface area contributed by atoms with Gasteiger partial charge in [-0.3, -0.25) is 15.0 Å². The number of nitro benzene ring substituents is 1. The van der Waals surface area contributed by atoms with Crippen LogP contribution in [0.4, 0.5) is 5.69 Å². The fourth-order valence-corrected chi connectivity index (χ4v) is 4.05. The van der Waals surface area contributed by atoms with Gasteiger partial charge in [-0.1, -0.05) is 40.2 Å². The Bertz CT molecular complexity index is 743. The van der Waals surface area contributed by atoms with Crippen molar-refractivity contribution in [1.82, 2.24) is 4.90 Å². The highest BCUT2D eigenvalue weighted by molar-refractivity contribution is 9.10. The third-order valence-electron chi connectivity index (χ3n) is 5.07. The molecule has 1 fully saturated rings. The molecule has 6 heteroatoms. The van der Waals surface area contributed by atoms with Gasteiger partial charge in [-0.05, 0) is 48.9 Å². The molecule has 0 unspecified atom stereocenters. The van der Waals surface area contributed by atoms with Crippen molar-refractivity contribution in [1.29, 1.82) is 0 Å². The number of rotatable bonds is 6. The lowest BCUT2D eigenvalue weighted by Gasteiger charge is -2.36. The number of benzene rings is 2. The van der Waals surface area contributed by atoms with Gasteiger partial charge in [0, 0.05) is 41.8 Å². The van der Waals surface area contributed by atoms with Crippen LogP contribution in [0.2, 0.25) is 0 Å². The highest BCUT2D eigenvalue weighted by Crippen LogP contribution is 2.26. The van der Waals surface area contributed by atoms with Crippen LogP contribution in [0.25, 0.3) is 0 Å². The number of non-ortho nitro benzene ring substituents is 1. The van der Waals surface area contributed by atoms with Crippen molar-refractivity contribution in [3.63, 3.8) is 0 Å². The fraction of sp³-hybridized carbons (Fsp3) is 0.400. The van der Waals surface area contributed by atoms with E-state index in [-0.39, 0.29) is 10.6 Å². The smallest absolute Gasteiger partial charge is 0.269 e. The van der Waals surface area contributed by atoms with Crippen LogP contribution in [0, 0.1) is 10.1 Å². The number of hydrogen-bond acceptors (Lipinski definition) is 4. The predicted molar refractivity (Wildman–Crippen MR) is 107 cm³/mol. The van der Waals surface area contributed by atoms with Crippen LogP contribution in [-0.2, 0) is 13.1 Å². The Balaban J connectivity index is 1.76. The first-order valence-corrected chi connectivity index (χ1v) is 9.78. The molecule has 0 aromatic heterocycles. The van der Waals surface area contributed by atoms with Crippen molar-refractivity contribution >= 4 is 21.6 Å². The number of halogens is 1. The lowest BCUT2D eigenvalue weighted by molar-refractivity contribution is -0.384. The maximum atomic E-state index is 10.9. The van der Waals surface area contributed by atoms with E-state index in [1.165, 1.54) is 5.56 Å². The van der Waals surface area contributed by atoms with Gasteiger partial charge in [0.2, 0.25) is 0 Å². The van der Waals surface area contributed by atoms with Crippen molar-refractivity contribution in [2.45, 2.75) is 50.9 Å². The van der Waals surface area contributed by atoms with Gasteiger partial charge in [0.1, 0.15) is 0 Å². The van der Waals surface area contributed by atoms with Gasteiger partial charge in [0.25, 0.3) is 5.69 Å². The van der Waals surface area contributed by atoms with Gasteiger partial charge in [-0.2, -0.15) is 0 Å². The third kappa shape index (κ3) is 5.13. The molecule has 0 saturated heterocycles. The second-order valence-corrected chi connectivity index (χ2v) is 7.94. The highest BCUT2D eigenvalue weighted by Gasteiger charge is 2.24. The molecule has 2 aromatic rings. The van der Waals surface area contributed by atoms with Crippen molar-refractivity contribution in [2.24, 2.45) is 5.73 Å². The minimum absolute atomic E-state index is 0.135. The molecule has 0 radical (unpaired) electrons. The van der Waals surface area contributed by atoms with E-state index in [4.69, 9.17) is 5.73 Å². The summed E-state index contributed by atoms with van der Waals surface area (Å²) in [7, 11) is 0. The minimum atomic E-state index is -0.356. The van der Waals surface area contributed by atoms with Gasteiger partial charge in [-0.15, -0.1) is 0 Å². The number of nitrogens with zero attached hydrogens (tertiary/aromatic N) is 2. The molecule has 0 amide bonds. The average molecular weight is 418 g/mol. The van der Waals surface area contributed by atoms with E-state index in [1.807, 2.05) is 18.2 Å². The Labute approximate surface area is 162 Å². The standard InChI is InChI=1S/C20H24BrN3O2/c21-17-3-1-2-16(12-17)14-23(19-10-6-18(22)7-11-19)13-15-4-8-20(9-5-15)24(25)26/h1-5,8-9,12,18-19H,6-7,10-11,13-14,22H2. The summed E-state index contributed by atoms with van der Waals surface area (Å²) < 4.78 is 1.08. The van der Waals surface area contributed by atoms with E-state index in [9.17, 15) is 10.1 Å². The molecule has 0 bridgehead atoms. The zero-order valence-corrected chi connectivity index (χ0v) is 16.3. The summed E-state index contributed by atoms with van der Waals surface area (Å²) in [6, 6.07) is 16.1. The molecule has 2 aromatic carbocycles. The molecular weight excluding hydrogens is 394 g/mol. The quantitative estimate of drug-likeness (QED) is 0.549. The van der Waals surface area contributed by atoms with E-state index < -0.39 is 0 Å². The van der Waals surface area contributed by atoms with Gasteiger partial charge < -0.3 is 5.73 Å². The molecule has 0 aliphatic heterocycles. The molecule has 1 aliphatic carbocycles. The fourth-order valence-electron chi connectivity index (χ4n) is 3.61. The molecule has 0 heterocycles. The molecule has 26 heavy (non-hydrogen) atoms. The van der Waals surface area contributed by atoms with Gasteiger partial charge in [0.05, 0.1) is 4.92 Å². The van der Waals surface area contributed by atoms with Crippen molar-refractivity contribution < 1.29 is 4.92 Å². The van der Waals surface area contributed by atoms with Gasteiger partial charge in [0.15, 0.2) is 0 Å². The molecule has 0 atom stereocenters. The van der Waals surface area contributed by atoms with Gasteiger partial charge in [-0.25, -0.2) is 0 Å². The number of nitrogens with two attached hydrogens (primary N) is 1. The number of nitro groups is 1. The van der Waals surface area contributed by atoms with Crippen LogP contribution in [0.1, 0.15) is 36.8 Å². The predicted octanol–water partition coefficient (Wildman–Crippen LogP) is 4.63. The first-order valence-electron chi connectivity index (χ1n) is 8.98. The zero-order chi connectivity index (χ0) is 18.5. The van der Waals surface area contributed by atoms with Crippen molar-refractivity contribution in [3.05, 3.63) is 74.2 Å². The van der Waals surface area contributed by atoms with E-state index in [2.05, 4.69) is 39.0 Å². The second-order valence-electron chi connectivity index (χ2n) is 7.03. The Morgan fingerprint density at radius 3 is 2.31 bits per heavy atom. The van der Waals surface area contributed by atoms with E-state index in [1.54, 1.807) is 12.1 Å². The lowest BCUT2D eigenvalue weighted by atomic mass is 9.90. The van der Waals surface area contributed by atoms with Crippen LogP contribution in [0.15, 0.2) is 53.0 Å². The minimum Gasteiger partial charge on any atom is -0.328 e. The Morgan fingerprint density at radius 1 is 1.04 bits per heavy atom. The first-order chi connectivity index (χ1) is 12.5. The molecule has 1 saturated carbocycles. The Kier molecular flexibility index (Phi) is 6.40. The van der Waals surface area contributed by atoms with Crippen LogP contribution in [0.3, 0.4) is 0 Å². The second kappa shape index (κ2) is 8.75. The Morgan fingerprint density at radius 2 is 1.69 bits per heavy atom. The largest absolute Gasteiger partial charge is 0.328 e. The number of hydrogen-bond donors (Lipinski definition) is 1. The normalized spacial score (nSPS) is 20.3. The summed E-state index contributed by atoms with van der Waals surface area (Å²) in [4.78, 5) is 13.0. The third-order valence-corrected chi connectivity index (χ3v) is 5.56. The summed E-state index contributed by atoms with van der Waals surface area (Å²) in [5.41, 5.74) is 8.57. The maximum absolute atomic E-state index is 10.9. The van der Waals surface area contributed by atoms with Crippen LogP contribution in [-0.4, -0.2) is 21.9 Å². The average Bonchev–Trinajstić information content (AvgIpc) is 2.62. The maximum Gasteiger partial charge on any atom is 0.269 e. The summed E-state index contributed by atoms with van der Waals surface area (Å²) >= 11 is 3.55. The van der Waals surface area contributed by atoms with Crippen molar-refractivity contribution in [2.75, 3.05) is 0 Å². The lowest BCUT2D eigenvalue weighted by Crippen LogP contribution is -2.40. The molecule has 5 nitrogen and oxygen atoms in total. The summed E-state index contributed by atoms with van der Waals surface area (Å²) in [6.45, 7) is 1.64. The van der Waals surface area contributed by atoms with Crippen LogP contribution < -0.4 is 5.73 Å². The monoisotopic (exact) mass is 417 g/mol. The molecule has 1 aliphatic rings. The van der Waals surface area contributed by atoms with Crippen molar-refractivity contribution in [3.8, 4) is 0 Å². The summed E-state index contributed by atoms with van der Waals surface area (Å²) in [5.74, 6) is 0. The molecule has 2 N–H and O–H groups in total. The van der Waals surface area contributed by atoms with Gasteiger partial charge >= 0.3 is 0 Å². The summed E-state index contributed by atoms with van der Waals surface area (Å²) in [5, 5.41) is 10.9. The first kappa shape index (κ1) is 19.0. The SMILES string of the molecule is NC1CCC(N(Cc2ccc([N+](=O)[O-])cc2)Cc2cccc(Br)c2)CC1. The van der Waals surface area contributed by atoms with E-state index in [0.717, 1.165) is 48.8 Å². The molecule has 3 rings (SSSR count). The highest BCUT2D eigenvalue weighted by atomic mass is 79.9. The van der Waals surface area contributed by atoms with Crippen LogP contribution >= 0.6 is 15.9 Å². The molecule has 138 valence electrons.